The summed E-state index contributed by atoms with van der Waals surface area (Å²) in [5.74, 6) is -0.797. The molecule has 104 valence electrons. The van der Waals surface area contributed by atoms with Crippen molar-refractivity contribution in [3.05, 3.63) is 29.6 Å². The van der Waals surface area contributed by atoms with Gasteiger partial charge < -0.3 is 15.8 Å². The number of rotatable bonds is 4. The number of methoxy groups -OCH3 is 1. The Bertz CT molecular complexity index is 465. The zero-order chi connectivity index (χ0) is 13.8. The van der Waals surface area contributed by atoms with E-state index in [1.807, 2.05) is 0 Å². The molecular formula is C14H19FN2O2. The van der Waals surface area contributed by atoms with Gasteiger partial charge >= 0.3 is 5.97 Å². The fourth-order valence-corrected chi connectivity index (χ4v) is 2.60. The van der Waals surface area contributed by atoms with Crippen molar-refractivity contribution in [2.75, 3.05) is 19.0 Å². The standard InChI is InChI=1S/C14H19FN2O2/c1-19-14(18)11-7-10(5-6-12(11)15)17-13-4-2-3-9(13)8-16/h5-7,9,13,17H,2-4,8,16H2,1H3. The molecule has 0 bridgehead atoms. The summed E-state index contributed by atoms with van der Waals surface area (Å²) in [4.78, 5) is 11.4. The second-order valence-corrected chi connectivity index (χ2v) is 4.86. The third-order valence-corrected chi connectivity index (χ3v) is 3.69. The maximum Gasteiger partial charge on any atom is 0.340 e. The molecule has 19 heavy (non-hydrogen) atoms. The van der Waals surface area contributed by atoms with Crippen molar-refractivity contribution < 1.29 is 13.9 Å². The van der Waals surface area contributed by atoms with Crippen molar-refractivity contribution >= 4 is 11.7 Å². The minimum atomic E-state index is -0.664. The molecule has 1 saturated carbocycles. The molecule has 0 saturated heterocycles. The van der Waals surface area contributed by atoms with Crippen molar-refractivity contribution in [1.82, 2.24) is 0 Å². The van der Waals surface area contributed by atoms with Crippen LogP contribution in [0.5, 0.6) is 0 Å². The minimum Gasteiger partial charge on any atom is -0.465 e. The van der Waals surface area contributed by atoms with Gasteiger partial charge in [0.25, 0.3) is 0 Å². The number of esters is 1. The van der Waals surface area contributed by atoms with Gasteiger partial charge in [-0.2, -0.15) is 0 Å². The maximum absolute atomic E-state index is 13.5. The van der Waals surface area contributed by atoms with E-state index in [2.05, 4.69) is 10.1 Å². The van der Waals surface area contributed by atoms with Gasteiger partial charge in [0.05, 0.1) is 12.7 Å². The highest BCUT2D eigenvalue weighted by molar-refractivity contribution is 5.90. The molecule has 2 atom stereocenters. The van der Waals surface area contributed by atoms with E-state index in [-0.39, 0.29) is 5.56 Å². The van der Waals surface area contributed by atoms with Crippen molar-refractivity contribution in [2.45, 2.75) is 25.3 Å². The van der Waals surface area contributed by atoms with Gasteiger partial charge in [-0.1, -0.05) is 6.42 Å². The van der Waals surface area contributed by atoms with Crippen LogP contribution in [-0.4, -0.2) is 25.7 Å². The average molecular weight is 266 g/mol. The number of nitrogens with two attached hydrogens (primary N) is 1. The van der Waals surface area contributed by atoms with Gasteiger partial charge in [-0.05, 0) is 43.5 Å². The van der Waals surface area contributed by atoms with Gasteiger partial charge in [0.1, 0.15) is 5.82 Å². The molecule has 1 aromatic rings. The Balaban J connectivity index is 2.15. The van der Waals surface area contributed by atoms with Crippen LogP contribution < -0.4 is 11.1 Å². The fourth-order valence-electron chi connectivity index (χ4n) is 2.60. The number of halogens is 1. The zero-order valence-corrected chi connectivity index (χ0v) is 11.0. The van der Waals surface area contributed by atoms with Crippen LogP contribution in [0.1, 0.15) is 29.6 Å². The highest BCUT2D eigenvalue weighted by atomic mass is 19.1. The van der Waals surface area contributed by atoms with Gasteiger partial charge in [0.2, 0.25) is 0 Å². The summed E-state index contributed by atoms with van der Waals surface area (Å²) in [5.41, 5.74) is 6.41. The molecule has 1 aromatic carbocycles. The summed E-state index contributed by atoms with van der Waals surface area (Å²) in [6.07, 6.45) is 3.30. The largest absolute Gasteiger partial charge is 0.465 e. The molecule has 0 aliphatic heterocycles. The summed E-state index contributed by atoms with van der Waals surface area (Å²) < 4.78 is 18.1. The molecular weight excluding hydrogens is 247 g/mol. The van der Waals surface area contributed by atoms with Gasteiger partial charge in [-0.15, -0.1) is 0 Å². The van der Waals surface area contributed by atoms with E-state index in [1.54, 1.807) is 6.07 Å². The Labute approximate surface area is 112 Å². The van der Waals surface area contributed by atoms with Crippen molar-refractivity contribution in [2.24, 2.45) is 11.7 Å². The molecule has 5 heteroatoms. The number of carbonyl (C=O) groups excluding carboxylic acids is 1. The molecule has 0 amide bonds. The lowest BCUT2D eigenvalue weighted by Crippen LogP contribution is -2.29. The second kappa shape index (κ2) is 6.02. The quantitative estimate of drug-likeness (QED) is 0.820. The van der Waals surface area contributed by atoms with Crippen LogP contribution in [0.3, 0.4) is 0 Å². The van der Waals surface area contributed by atoms with E-state index in [0.717, 1.165) is 24.9 Å². The lowest BCUT2D eigenvalue weighted by atomic mass is 10.0. The summed E-state index contributed by atoms with van der Waals surface area (Å²) in [7, 11) is 1.24. The Hall–Kier alpha value is -1.62. The Morgan fingerprint density at radius 2 is 2.32 bits per heavy atom. The van der Waals surface area contributed by atoms with Gasteiger partial charge in [0.15, 0.2) is 0 Å². The Morgan fingerprint density at radius 3 is 3.00 bits per heavy atom. The first-order chi connectivity index (χ1) is 9.15. The first-order valence-electron chi connectivity index (χ1n) is 6.50. The lowest BCUT2D eigenvalue weighted by Gasteiger charge is -2.21. The van der Waals surface area contributed by atoms with Crippen molar-refractivity contribution in [3.63, 3.8) is 0 Å². The minimum absolute atomic E-state index is 0.0465. The van der Waals surface area contributed by atoms with Gasteiger partial charge in [-0.3, -0.25) is 0 Å². The van der Waals surface area contributed by atoms with Crippen molar-refractivity contribution in [3.8, 4) is 0 Å². The van der Waals surface area contributed by atoms with E-state index in [4.69, 9.17) is 5.73 Å². The molecule has 4 nitrogen and oxygen atoms in total. The van der Waals surface area contributed by atoms with Crippen molar-refractivity contribution in [1.29, 1.82) is 0 Å². The fraction of sp³-hybridized carbons (Fsp3) is 0.500. The van der Waals surface area contributed by atoms with E-state index in [0.29, 0.717) is 18.5 Å². The Morgan fingerprint density at radius 1 is 1.53 bits per heavy atom. The third kappa shape index (κ3) is 3.04. The van der Waals surface area contributed by atoms with E-state index >= 15 is 0 Å². The number of carbonyl (C=O) groups is 1. The predicted molar refractivity (Wildman–Crippen MR) is 71.5 cm³/mol. The van der Waals surface area contributed by atoms with E-state index in [9.17, 15) is 9.18 Å². The first kappa shape index (κ1) is 13.8. The van der Waals surface area contributed by atoms with E-state index < -0.39 is 11.8 Å². The third-order valence-electron chi connectivity index (χ3n) is 3.69. The molecule has 1 fully saturated rings. The highest BCUT2D eigenvalue weighted by Gasteiger charge is 2.26. The van der Waals surface area contributed by atoms with Crippen LogP contribution in [0.4, 0.5) is 10.1 Å². The number of hydrogen-bond donors (Lipinski definition) is 2. The van der Waals surface area contributed by atoms with E-state index in [1.165, 1.54) is 19.2 Å². The SMILES string of the molecule is COC(=O)c1cc(NC2CCCC2CN)ccc1F. The smallest absolute Gasteiger partial charge is 0.340 e. The summed E-state index contributed by atoms with van der Waals surface area (Å²) in [6.45, 7) is 0.642. The molecule has 1 aliphatic rings. The number of hydrogen-bond acceptors (Lipinski definition) is 4. The van der Waals surface area contributed by atoms with Gasteiger partial charge in [-0.25, -0.2) is 9.18 Å². The molecule has 2 unspecified atom stereocenters. The summed E-state index contributed by atoms with van der Waals surface area (Å²) in [6, 6.07) is 4.70. The van der Waals surface area contributed by atoms with Crippen LogP contribution in [0.25, 0.3) is 0 Å². The van der Waals surface area contributed by atoms with Crippen LogP contribution in [-0.2, 0) is 4.74 Å². The Kier molecular flexibility index (Phi) is 4.37. The zero-order valence-electron chi connectivity index (χ0n) is 11.0. The summed E-state index contributed by atoms with van der Waals surface area (Å²) >= 11 is 0. The topological polar surface area (TPSA) is 64.3 Å². The van der Waals surface area contributed by atoms with Crippen LogP contribution in [0.15, 0.2) is 18.2 Å². The monoisotopic (exact) mass is 266 g/mol. The molecule has 1 aliphatic carbocycles. The lowest BCUT2D eigenvalue weighted by molar-refractivity contribution is 0.0595. The van der Waals surface area contributed by atoms with Gasteiger partial charge in [0, 0.05) is 11.7 Å². The highest BCUT2D eigenvalue weighted by Crippen LogP contribution is 2.28. The molecule has 0 spiro atoms. The average Bonchev–Trinajstić information content (AvgIpc) is 2.87. The second-order valence-electron chi connectivity index (χ2n) is 4.86. The predicted octanol–water partition coefficient (Wildman–Crippen LogP) is 2.15. The maximum atomic E-state index is 13.5. The molecule has 3 N–H and O–H groups in total. The number of benzene rings is 1. The molecule has 0 radical (unpaired) electrons. The molecule has 0 heterocycles. The molecule has 2 rings (SSSR count). The van der Waals surface area contributed by atoms with Crippen LogP contribution >= 0.6 is 0 Å². The number of ether oxygens (including phenoxy) is 1. The number of nitrogens with one attached hydrogen (secondary N) is 1. The normalized spacial score (nSPS) is 22.3. The first-order valence-corrected chi connectivity index (χ1v) is 6.50. The van der Waals surface area contributed by atoms with Crippen LogP contribution in [0, 0.1) is 11.7 Å². The molecule has 0 aromatic heterocycles. The van der Waals surface area contributed by atoms with Crippen LogP contribution in [0.2, 0.25) is 0 Å². The summed E-state index contributed by atoms with van der Waals surface area (Å²) in [5, 5.41) is 3.33. The number of anilines is 1.